The van der Waals surface area contributed by atoms with E-state index in [0.29, 0.717) is 18.4 Å². The van der Waals surface area contributed by atoms with Gasteiger partial charge in [-0.1, -0.05) is 19.1 Å². The third kappa shape index (κ3) is 2.10. The number of carbonyl (C=O) groups excluding carboxylic acids is 1. The van der Waals surface area contributed by atoms with Crippen molar-refractivity contribution < 1.29 is 4.79 Å². The van der Waals surface area contributed by atoms with Gasteiger partial charge in [0.25, 0.3) is 0 Å². The molecule has 2 aliphatic heterocycles. The van der Waals surface area contributed by atoms with Crippen molar-refractivity contribution in [2.24, 2.45) is 11.3 Å². The van der Waals surface area contributed by atoms with Crippen LogP contribution in [0.4, 0.5) is 0 Å². The molecule has 100 valence electrons. The van der Waals surface area contributed by atoms with Crippen molar-refractivity contribution in [2.75, 3.05) is 19.6 Å². The van der Waals surface area contributed by atoms with Gasteiger partial charge in [-0.05, 0) is 38.3 Å². The van der Waals surface area contributed by atoms with E-state index >= 15 is 0 Å². The summed E-state index contributed by atoms with van der Waals surface area (Å²) in [7, 11) is 0. The Morgan fingerprint density at radius 2 is 2.21 bits per heavy atom. The van der Waals surface area contributed by atoms with Gasteiger partial charge in [0.1, 0.15) is 10.9 Å². The first-order valence-electron chi connectivity index (χ1n) is 6.36. The Morgan fingerprint density at radius 3 is 2.68 bits per heavy atom. The Balaban J connectivity index is 2.42. The molecule has 0 aromatic carbocycles. The number of rotatable bonds is 1. The quantitative estimate of drug-likeness (QED) is 0.423. The average Bonchev–Trinajstić information content (AvgIpc) is 2.40. The first-order chi connectivity index (χ1) is 9.08. The van der Waals surface area contributed by atoms with Gasteiger partial charge in [0.2, 0.25) is 5.91 Å². The summed E-state index contributed by atoms with van der Waals surface area (Å²) in [5, 5.41) is 19.3. The lowest BCUT2D eigenvalue weighted by molar-refractivity contribution is -0.126. The molecule has 0 saturated carbocycles. The standard InChI is InChI=1S/C13H16N4OS/c1-2-17-5-3-13(4-6-17)9(7-14)11(18)16-12(19)10(13)8-15/h9,15H,2-6H2,1H3,(H,16,18,19)/t9-/m0/s1. The highest BCUT2D eigenvalue weighted by molar-refractivity contribution is 7.80. The molecule has 19 heavy (non-hydrogen) atoms. The molecule has 0 aliphatic carbocycles. The van der Waals surface area contributed by atoms with Gasteiger partial charge < -0.3 is 10.2 Å². The van der Waals surface area contributed by atoms with Crippen molar-refractivity contribution in [1.82, 2.24) is 10.2 Å². The second-order valence-electron chi connectivity index (χ2n) is 4.97. The van der Waals surface area contributed by atoms with Gasteiger partial charge in [0, 0.05) is 5.41 Å². The normalized spacial score (nSPS) is 26.7. The summed E-state index contributed by atoms with van der Waals surface area (Å²) < 4.78 is 0. The summed E-state index contributed by atoms with van der Waals surface area (Å²) in [4.78, 5) is 14.5. The molecule has 0 radical (unpaired) electrons. The zero-order valence-corrected chi connectivity index (χ0v) is 11.6. The first kappa shape index (κ1) is 13.9. The molecule has 0 aromatic heterocycles. The Bertz CT molecular complexity index is 507. The maximum atomic E-state index is 12.0. The Labute approximate surface area is 117 Å². The molecule has 2 fully saturated rings. The molecule has 1 spiro atoms. The van der Waals surface area contributed by atoms with Crippen LogP contribution in [-0.2, 0) is 4.79 Å². The number of nitrogens with zero attached hydrogens (tertiary/aromatic N) is 2. The number of thiocarbonyl (C=S) groups is 1. The number of amides is 1. The molecule has 2 N–H and O–H groups in total. The number of hydrogen-bond donors (Lipinski definition) is 2. The topological polar surface area (TPSA) is 80.0 Å². The van der Waals surface area contributed by atoms with Crippen LogP contribution in [0.15, 0.2) is 5.57 Å². The van der Waals surface area contributed by atoms with Crippen LogP contribution in [0.2, 0.25) is 0 Å². The van der Waals surface area contributed by atoms with Crippen LogP contribution < -0.4 is 5.32 Å². The van der Waals surface area contributed by atoms with E-state index in [1.165, 1.54) is 0 Å². The average molecular weight is 276 g/mol. The number of nitrogens with one attached hydrogen (secondary N) is 2. The monoisotopic (exact) mass is 276 g/mol. The van der Waals surface area contributed by atoms with E-state index in [1.807, 2.05) is 0 Å². The molecule has 1 atom stereocenters. The maximum absolute atomic E-state index is 12.0. The van der Waals surface area contributed by atoms with Crippen molar-refractivity contribution in [1.29, 1.82) is 10.7 Å². The summed E-state index contributed by atoms with van der Waals surface area (Å²) in [6, 6.07) is 2.10. The van der Waals surface area contributed by atoms with Crippen molar-refractivity contribution in [3.05, 3.63) is 5.57 Å². The number of hydrogen-bond acceptors (Lipinski definition) is 5. The molecular formula is C13H16N4OS. The summed E-state index contributed by atoms with van der Waals surface area (Å²) >= 11 is 5.14. The highest BCUT2D eigenvalue weighted by atomic mass is 32.1. The fraction of sp³-hybridized carbons (Fsp3) is 0.615. The van der Waals surface area contributed by atoms with Gasteiger partial charge in [-0.2, -0.15) is 5.26 Å². The number of nitriles is 1. The largest absolute Gasteiger partial charge is 0.315 e. The molecule has 2 heterocycles. The van der Waals surface area contributed by atoms with Gasteiger partial charge in [-0.25, -0.2) is 0 Å². The molecule has 0 bridgehead atoms. The molecule has 0 aromatic rings. The third-order valence-corrected chi connectivity index (χ3v) is 4.53. The molecule has 5 nitrogen and oxygen atoms in total. The van der Waals surface area contributed by atoms with Gasteiger partial charge in [-0.15, -0.1) is 0 Å². The number of piperidine rings is 2. The molecule has 1 amide bonds. The maximum Gasteiger partial charge on any atom is 0.243 e. The number of carbonyl (C=O) groups is 1. The molecular weight excluding hydrogens is 260 g/mol. The predicted octanol–water partition coefficient (Wildman–Crippen LogP) is 0.860. The van der Waals surface area contributed by atoms with E-state index in [9.17, 15) is 10.1 Å². The second kappa shape index (κ2) is 5.22. The highest BCUT2D eigenvalue weighted by Crippen LogP contribution is 2.46. The van der Waals surface area contributed by atoms with Gasteiger partial charge >= 0.3 is 0 Å². The molecule has 0 unspecified atom stereocenters. The van der Waals surface area contributed by atoms with Crippen molar-refractivity contribution >= 4 is 29.0 Å². The zero-order valence-electron chi connectivity index (χ0n) is 10.8. The lowest BCUT2D eigenvalue weighted by atomic mass is 9.62. The van der Waals surface area contributed by atoms with Crippen LogP contribution in [0, 0.1) is 28.1 Å². The van der Waals surface area contributed by atoms with Crippen LogP contribution in [0.25, 0.3) is 0 Å². The minimum absolute atomic E-state index is 0.261. The smallest absolute Gasteiger partial charge is 0.243 e. The second-order valence-corrected chi connectivity index (χ2v) is 5.38. The summed E-state index contributed by atoms with van der Waals surface area (Å²) in [5.74, 6) is 1.26. The van der Waals surface area contributed by atoms with E-state index in [1.54, 1.807) is 0 Å². The molecule has 2 saturated heterocycles. The predicted molar refractivity (Wildman–Crippen MR) is 74.9 cm³/mol. The molecule has 2 rings (SSSR count). The van der Waals surface area contributed by atoms with Crippen molar-refractivity contribution in [2.45, 2.75) is 19.8 Å². The SMILES string of the molecule is CCN1CCC2(CC1)C(=C=N)C(=S)NC(=O)[C@@H]2C#N. The van der Waals surface area contributed by atoms with E-state index in [-0.39, 0.29) is 10.9 Å². The van der Waals surface area contributed by atoms with Crippen molar-refractivity contribution in [3.63, 3.8) is 0 Å². The summed E-state index contributed by atoms with van der Waals surface area (Å²) in [5.41, 5.74) is -0.105. The first-order valence-corrected chi connectivity index (χ1v) is 6.77. The van der Waals surface area contributed by atoms with Crippen LogP contribution in [0.1, 0.15) is 19.8 Å². The fourth-order valence-electron chi connectivity index (χ4n) is 3.04. The lowest BCUT2D eigenvalue weighted by Crippen LogP contribution is -2.56. The van der Waals surface area contributed by atoms with Crippen LogP contribution >= 0.6 is 12.2 Å². The molecule has 6 heteroatoms. The van der Waals surface area contributed by atoms with Crippen LogP contribution in [0.5, 0.6) is 0 Å². The van der Waals surface area contributed by atoms with Gasteiger partial charge in [0.15, 0.2) is 0 Å². The molecule has 2 aliphatic rings. The van der Waals surface area contributed by atoms with Crippen LogP contribution in [-0.4, -0.2) is 41.3 Å². The zero-order chi connectivity index (χ0) is 14.0. The van der Waals surface area contributed by atoms with E-state index in [0.717, 1.165) is 19.6 Å². The minimum atomic E-state index is -0.772. The number of likely N-dealkylation sites (tertiary alicyclic amines) is 1. The Hall–Kier alpha value is -1.54. The fourth-order valence-corrected chi connectivity index (χ4v) is 3.39. The summed E-state index contributed by atoms with van der Waals surface area (Å²) in [6.07, 6.45) is 1.35. The van der Waals surface area contributed by atoms with Crippen molar-refractivity contribution in [3.8, 4) is 6.07 Å². The third-order valence-electron chi connectivity index (χ3n) is 4.23. The Kier molecular flexibility index (Phi) is 3.81. The van der Waals surface area contributed by atoms with E-state index in [4.69, 9.17) is 17.6 Å². The summed E-state index contributed by atoms with van der Waals surface area (Å²) in [6.45, 7) is 4.67. The highest BCUT2D eigenvalue weighted by Gasteiger charge is 2.52. The van der Waals surface area contributed by atoms with E-state index in [2.05, 4.69) is 29.1 Å². The van der Waals surface area contributed by atoms with Gasteiger partial charge in [0.05, 0.1) is 11.6 Å². The Morgan fingerprint density at radius 1 is 1.58 bits per heavy atom. The lowest BCUT2D eigenvalue weighted by Gasteiger charge is -2.46. The van der Waals surface area contributed by atoms with E-state index < -0.39 is 11.3 Å². The van der Waals surface area contributed by atoms with Gasteiger partial charge in [-0.3, -0.25) is 10.2 Å². The van der Waals surface area contributed by atoms with Crippen LogP contribution in [0.3, 0.4) is 0 Å². The minimum Gasteiger partial charge on any atom is -0.315 e.